The molecule has 2 N–H and O–H groups in total. The van der Waals surface area contributed by atoms with Crippen LogP contribution in [0, 0.1) is 13.8 Å². The van der Waals surface area contributed by atoms with Crippen molar-refractivity contribution >= 4 is 21.1 Å². The second-order valence-corrected chi connectivity index (χ2v) is 5.15. The van der Waals surface area contributed by atoms with Gasteiger partial charge in [0.25, 0.3) is 0 Å². The Morgan fingerprint density at radius 1 is 1.06 bits per heavy atom. The summed E-state index contributed by atoms with van der Waals surface area (Å²) in [5, 5.41) is 5.04. The van der Waals surface area contributed by atoms with Gasteiger partial charge in [0.15, 0.2) is 0 Å². The Morgan fingerprint density at radius 2 is 1.62 bits per heavy atom. The molecule has 0 saturated heterocycles. The van der Waals surface area contributed by atoms with E-state index in [9.17, 15) is 8.42 Å². The molecule has 0 aliphatic heterocycles. The summed E-state index contributed by atoms with van der Waals surface area (Å²) in [7, 11) is -3.69. The Kier molecular flexibility index (Phi) is 2.40. The van der Waals surface area contributed by atoms with Gasteiger partial charge in [-0.1, -0.05) is 0 Å². The molecule has 0 unspecified atom stereocenters. The molecule has 0 saturated carbocycles. The maximum Gasteiger partial charge on any atom is 0.238 e. The van der Waals surface area contributed by atoms with Crippen molar-refractivity contribution < 1.29 is 8.42 Å². The number of aromatic nitrogens is 2. The average Bonchev–Trinajstić information content (AvgIpc) is 2.17. The molecule has 0 fully saturated rings. The van der Waals surface area contributed by atoms with E-state index in [0.717, 1.165) is 11.4 Å². The number of fused-ring (bicyclic) bond motifs is 1. The molecule has 2 aromatic rings. The van der Waals surface area contributed by atoms with E-state index in [-0.39, 0.29) is 4.90 Å². The summed E-state index contributed by atoms with van der Waals surface area (Å²) in [6.45, 7) is 3.68. The molecule has 2 rings (SSSR count). The molecule has 0 aliphatic rings. The van der Waals surface area contributed by atoms with E-state index in [2.05, 4.69) is 9.97 Å². The second kappa shape index (κ2) is 3.50. The summed E-state index contributed by atoms with van der Waals surface area (Å²) in [5.41, 5.74) is 2.81. The predicted octanol–water partition coefficient (Wildman–Crippen LogP) is 0.894. The lowest BCUT2D eigenvalue weighted by atomic mass is 10.2. The minimum absolute atomic E-state index is 0.0533. The van der Waals surface area contributed by atoms with Crippen molar-refractivity contribution in [3.05, 3.63) is 29.6 Å². The van der Waals surface area contributed by atoms with Gasteiger partial charge in [-0.15, -0.1) is 0 Å². The number of nitrogens with two attached hydrogens (primary N) is 1. The largest absolute Gasteiger partial charge is 0.250 e. The van der Waals surface area contributed by atoms with Crippen molar-refractivity contribution in [3.8, 4) is 0 Å². The van der Waals surface area contributed by atoms with Gasteiger partial charge in [0, 0.05) is 0 Å². The van der Waals surface area contributed by atoms with E-state index in [1.165, 1.54) is 12.1 Å². The van der Waals surface area contributed by atoms with Gasteiger partial charge in [-0.05, 0) is 32.0 Å². The van der Waals surface area contributed by atoms with Crippen LogP contribution in [0.25, 0.3) is 11.0 Å². The fraction of sp³-hybridized carbons (Fsp3) is 0.200. The van der Waals surface area contributed by atoms with Crippen molar-refractivity contribution in [2.24, 2.45) is 5.14 Å². The number of rotatable bonds is 1. The lowest BCUT2D eigenvalue weighted by Crippen LogP contribution is -2.12. The summed E-state index contributed by atoms with van der Waals surface area (Å²) in [6.07, 6.45) is 0. The van der Waals surface area contributed by atoms with Crippen LogP contribution in [0.5, 0.6) is 0 Å². The third-order valence-electron chi connectivity index (χ3n) is 2.38. The first-order chi connectivity index (χ1) is 7.38. The van der Waals surface area contributed by atoms with E-state index in [4.69, 9.17) is 5.14 Å². The second-order valence-electron chi connectivity index (χ2n) is 3.59. The molecule has 1 aromatic heterocycles. The van der Waals surface area contributed by atoms with Crippen LogP contribution in [-0.2, 0) is 10.0 Å². The number of nitrogens with zero attached hydrogens (tertiary/aromatic N) is 2. The Morgan fingerprint density at radius 3 is 2.19 bits per heavy atom. The number of sulfonamides is 1. The molecule has 1 aromatic carbocycles. The number of aryl methyl sites for hydroxylation is 2. The lowest BCUT2D eigenvalue weighted by Gasteiger charge is -2.03. The fourth-order valence-corrected chi connectivity index (χ4v) is 1.92. The van der Waals surface area contributed by atoms with E-state index in [0.29, 0.717) is 11.0 Å². The van der Waals surface area contributed by atoms with Gasteiger partial charge in [0.05, 0.1) is 27.3 Å². The van der Waals surface area contributed by atoms with Crippen molar-refractivity contribution in [1.29, 1.82) is 0 Å². The molecule has 0 bridgehead atoms. The summed E-state index contributed by atoms with van der Waals surface area (Å²) < 4.78 is 22.3. The normalized spacial score (nSPS) is 11.9. The molecule has 16 heavy (non-hydrogen) atoms. The number of hydrogen-bond donors (Lipinski definition) is 1. The van der Waals surface area contributed by atoms with E-state index < -0.39 is 10.0 Å². The highest BCUT2D eigenvalue weighted by molar-refractivity contribution is 7.89. The molecular formula is C10H11N3O2S. The minimum Gasteiger partial charge on any atom is -0.250 e. The van der Waals surface area contributed by atoms with Crippen LogP contribution in [-0.4, -0.2) is 18.4 Å². The Labute approximate surface area is 93.4 Å². The van der Waals surface area contributed by atoms with Gasteiger partial charge >= 0.3 is 0 Å². The molecule has 6 heteroatoms. The summed E-state index contributed by atoms with van der Waals surface area (Å²) >= 11 is 0. The molecule has 0 spiro atoms. The van der Waals surface area contributed by atoms with E-state index in [1.54, 1.807) is 6.07 Å². The highest BCUT2D eigenvalue weighted by Gasteiger charge is 2.09. The SMILES string of the molecule is Cc1nc2ccc(S(N)(=O)=O)cc2nc1C. The summed E-state index contributed by atoms with van der Waals surface area (Å²) in [6, 6.07) is 4.47. The molecule has 0 atom stereocenters. The molecule has 0 radical (unpaired) electrons. The zero-order valence-corrected chi connectivity index (χ0v) is 9.75. The smallest absolute Gasteiger partial charge is 0.238 e. The first-order valence-corrected chi connectivity index (χ1v) is 6.20. The summed E-state index contributed by atoms with van der Waals surface area (Å²) in [4.78, 5) is 8.62. The van der Waals surface area contributed by atoms with Crippen molar-refractivity contribution in [2.75, 3.05) is 0 Å². The third kappa shape index (κ3) is 1.89. The Hall–Kier alpha value is -1.53. The van der Waals surface area contributed by atoms with Crippen LogP contribution in [0.2, 0.25) is 0 Å². The van der Waals surface area contributed by atoms with Crippen LogP contribution >= 0.6 is 0 Å². The molecular weight excluding hydrogens is 226 g/mol. The first kappa shape index (κ1) is 11.0. The van der Waals surface area contributed by atoms with E-state index >= 15 is 0 Å². The molecule has 0 amide bonds. The van der Waals surface area contributed by atoms with Gasteiger partial charge in [-0.3, -0.25) is 0 Å². The standard InChI is InChI=1S/C10H11N3O2S/c1-6-7(2)13-10-5-8(16(11,14)15)3-4-9(10)12-6/h3-5H,1-2H3,(H2,11,14,15). The zero-order chi connectivity index (χ0) is 11.9. The van der Waals surface area contributed by atoms with Crippen LogP contribution in [0.1, 0.15) is 11.4 Å². The Bertz CT molecular complexity index is 665. The van der Waals surface area contributed by atoms with Gasteiger partial charge in [-0.25, -0.2) is 23.5 Å². The average molecular weight is 237 g/mol. The lowest BCUT2D eigenvalue weighted by molar-refractivity contribution is 0.598. The van der Waals surface area contributed by atoms with Crippen LogP contribution in [0.4, 0.5) is 0 Å². The summed E-state index contributed by atoms with van der Waals surface area (Å²) in [5.74, 6) is 0. The molecule has 0 aliphatic carbocycles. The number of hydrogen-bond acceptors (Lipinski definition) is 4. The topological polar surface area (TPSA) is 85.9 Å². The van der Waals surface area contributed by atoms with Crippen molar-refractivity contribution in [2.45, 2.75) is 18.7 Å². The monoisotopic (exact) mass is 237 g/mol. The van der Waals surface area contributed by atoms with E-state index in [1.807, 2.05) is 13.8 Å². The van der Waals surface area contributed by atoms with Crippen LogP contribution in [0.3, 0.4) is 0 Å². The predicted molar refractivity (Wildman–Crippen MR) is 60.4 cm³/mol. The molecule has 1 heterocycles. The fourth-order valence-electron chi connectivity index (χ4n) is 1.39. The maximum absolute atomic E-state index is 11.2. The number of benzene rings is 1. The quantitative estimate of drug-likeness (QED) is 0.798. The highest BCUT2D eigenvalue weighted by atomic mass is 32.2. The Balaban J connectivity index is 2.77. The minimum atomic E-state index is -3.69. The highest BCUT2D eigenvalue weighted by Crippen LogP contribution is 2.16. The third-order valence-corrected chi connectivity index (χ3v) is 3.29. The van der Waals surface area contributed by atoms with Gasteiger partial charge in [0.2, 0.25) is 10.0 Å². The van der Waals surface area contributed by atoms with Crippen molar-refractivity contribution in [1.82, 2.24) is 9.97 Å². The van der Waals surface area contributed by atoms with Gasteiger partial charge in [-0.2, -0.15) is 0 Å². The number of primary sulfonamides is 1. The van der Waals surface area contributed by atoms with Gasteiger partial charge in [0.1, 0.15) is 0 Å². The molecule has 84 valence electrons. The maximum atomic E-state index is 11.2. The van der Waals surface area contributed by atoms with Crippen LogP contribution < -0.4 is 5.14 Å². The van der Waals surface area contributed by atoms with Crippen molar-refractivity contribution in [3.63, 3.8) is 0 Å². The first-order valence-electron chi connectivity index (χ1n) is 4.66. The zero-order valence-electron chi connectivity index (χ0n) is 8.93. The van der Waals surface area contributed by atoms with Gasteiger partial charge < -0.3 is 0 Å². The molecule has 5 nitrogen and oxygen atoms in total. The van der Waals surface area contributed by atoms with Crippen LogP contribution in [0.15, 0.2) is 23.1 Å².